The lowest BCUT2D eigenvalue weighted by Gasteiger charge is -2.20. The van der Waals surface area contributed by atoms with Gasteiger partial charge < -0.3 is 4.74 Å². The molecule has 3 aromatic carbocycles. The molecule has 0 aliphatic carbocycles. The van der Waals surface area contributed by atoms with E-state index in [1.54, 1.807) is 23.1 Å². The van der Waals surface area contributed by atoms with Crippen LogP contribution in [0.3, 0.4) is 0 Å². The first-order valence-electron chi connectivity index (χ1n) is 9.40. The van der Waals surface area contributed by atoms with Crippen LogP contribution in [-0.4, -0.2) is 17.5 Å². The first-order chi connectivity index (χ1) is 14.9. The van der Waals surface area contributed by atoms with Crippen LogP contribution in [0.4, 0.5) is 5.13 Å². The van der Waals surface area contributed by atoms with E-state index in [1.165, 1.54) is 11.3 Å². The van der Waals surface area contributed by atoms with E-state index in [9.17, 15) is 4.79 Å². The Morgan fingerprint density at radius 2 is 1.81 bits per heavy atom. The zero-order valence-electron chi connectivity index (χ0n) is 16.4. The second-order valence-electron chi connectivity index (χ2n) is 6.87. The second kappa shape index (κ2) is 9.45. The number of fused-ring (bicyclic) bond motifs is 1. The van der Waals surface area contributed by atoms with E-state index in [1.807, 2.05) is 49.4 Å². The quantitative estimate of drug-likeness (QED) is 0.287. The van der Waals surface area contributed by atoms with Gasteiger partial charge in [-0.2, -0.15) is 0 Å². The number of halogens is 3. The van der Waals surface area contributed by atoms with Crippen molar-refractivity contribution < 1.29 is 9.53 Å². The number of rotatable bonds is 6. The van der Waals surface area contributed by atoms with Gasteiger partial charge in [-0.25, -0.2) is 4.98 Å². The summed E-state index contributed by atoms with van der Waals surface area (Å²) in [5.41, 5.74) is 2.76. The number of carbonyl (C=O) groups excluding carboxylic acids is 1. The minimum atomic E-state index is -0.247. The molecule has 0 unspecified atom stereocenters. The van der Waals surface area contributed by atoms with Gasteiger partial charge in [0.2, 0.25) is 0 Å². The van der Waals surface area contributed by atoms with Gasteiger partial charge in [-0.05, 0) is 42.3 Å². The number of aryl methyl sites for hydroxylation is 1. The number of aromatic nitrogens is 1. The largest absolute Gasteiger partial charge is 0.482 e. The molecule has 0 saturated heterocycles. The summed E-state index contributed by atoms with van der Waals surface area (Å²) < 4.78 is 6.54. The lowest BCUT2D eigenvalue weighted by atomic mass is 10.2. The number of anilines is 1. The Labute approximate surface area is 198 Å². The summed E-state index contributed by atoms with van der Waals surface area (Å²) in [6, 6.07) is 18.4. The van der Waals surface area contributed by atoms with Crippen molar-refractivity contribution in [2.45, 2.75) is 13.5 Å². The molecular weight excluding hydrogens is 475 g/mol. The van der Waals surface area contributed by atoms with Crippen molar-refractivity contribution in [2.24, 2.45) is 0 Å². The first-order valence-corrected chi connectivity index (χ1v) is 11.3. The van der Waals surface area contributed by atoms with Gasteiger partial charge >= 0.3 is 0 Å². The summed E-state index contributed by atoms with van der Waals surface area (Å²) in [5.74, 6) is 0.143. The van der Waals surface area contributed by atoms with Crippen LogP contribution in [0.25, 0.3) is 10.2 Å². The van der Waals surface area contributed by atoms with E-state index in [4.69, 9.17) is 44.5 Å². The molecule has 158 valence electrons. The van der Waals surface area contributed by atoms with Crippen LogP contribution in [0.1, 0.15) is 11.1 Å². The number of benzene rings is 3. The lowest BCUT2D eigenvalue weighted by Crippen LogP contribution is -2.34. The van der Waals surface area contributed by atoms with Crippen molar-refractivity contribution in [1.82, 2.24) is 4.98 Å². The Kier molecular flexibility index (Phi) is 6.68. The summed E-state index contributed by atoms with van der Waals surface area (Å²) in [7, 11) is 0. The van der Waals surface area contributed by atoms with Gasteiger partial charge in [-0.3, -0.25) is 9.69 Å². The molecule has 0 atom stereocenters. The summed E-state index contributed by atoms with van der Waals surface area (Å²) in [6.07, 6.45) is 0. The van der Waals surface area contributed by atoms with Crippen molar-refractivity contribution in [3.8, 4) is 5.75 Å². The van der Waals surface area contributed by atoms with E-state index in [0.29, 0.717) is 32.5 Å². The maximum atomic E-state index is 13.2. The molecular formula is C23H17Cl3N2O2S. The standard InChI is InChI=1S/C23H17Cl3N2O2S/c1-14-7-9-17(25)22-21(14)27-23(31-22)28(12-15-5-3-2-4-6-15)20(29)13-30-19-10-8-16(24)11-18(19)26/h2-11H,12-13H2,1H3. The lowest BCUT2D eigenvalue weighted by molar-refractivity contribution is -0.120. The van der Waals surface area contributed by atoms with Gasteiger partial charge in [0.15, 0.2) is 11.7 Å². The highest BCUT2D eigenvalue weighted by atomic mass is 35.5. The SMILES string of the molecule is Cc1ccc(Cl)c2sc(N(Cc3ccccc3)C(=O)COc3ccc(Cl)cc3Cl)nc12. The van der Waals surface area contributed by atoms with Crippen LogP contribution in [0, 0.1) is 6.92 Å². The van der Waals surface area contributed by atoms with E-state index in [2.05, 4.69) is 0 Å². The van der Waals surface area contributed by atoms with Crippen LogP contribution in [0.15, 0.2) is 60.7 Å². The highest BCUT2D eigenvalue weighted by Gasteiger charge is 2.22. The van der Waals surface area contributed by atoms with Gasteiger partial charge in [-0.1, -0.05) is 82.5 Å². The van der Waals surface area contributed by atoms with Crippen LogP contribution in [0.2, 0.25) is 15.1 Å². The minimum Gasteiger partial charge on any atom is -0.482 e. The molecule has 0 N–H and O–H groups in total. The Hall–Kier alpha value is -2.31. The molecule has 0 aliphatic rings. The third-order valence-corrected chi connectivity index (χ3v) is 6.72. The normalized spacial score (nSPS) is 11.0. The molecule has 4 nitrogen and oxygen atoms in total. The second-order valence-corrected chi connectivity index (χ2v) is 9.10. The summed E-state index contributed by atoms with van der Waals surface area (Å²) in [5, 5.41) is 2.01. The van der Waals surface area contributed by atoms with Crippen molar-refractivity contribution in [3.05, 3.63) is 86.9 Å². The smallest absolute Gasteiger partial charge is 0.267 e. The van der Waals surface area contributed by atoms with E-state index >= 15 is 0 Å². The zero-order valence-corrected chi connectivity index (χ0v) is 19.5. The van der Waals surface area contributed by atoms with Gasteiger partial charge in [0, 0.05) is 5.02 Å². The third kappa shape index (κ3) is 4.96. The Bertz CT molecular complexity index is 1210. The first kappa shape index (κ1) is 21.9. The molecule has 0 radical (unpaired) electrons. The number of thiazole rings is 1. The van der Waals surface area contributed by atoms with Crippen molar-refractivity contribution in [2.75, 3.05) is 11.5 Å². The van der Waals surface area contributed by atoms with Gasteiger partial charge in [0.1, 0.15) is 5.75 Å². The van der Waals surface area contributed by atoms with Gasteiger partial charge in [-0.15, -0.1) is 0 Å². The summed E-state index contributed by atoms with van der Waals surface area (Å²) in [6.45, 7) is 2.13. The maximum absolute atomic E-state index is 13.2. The van der Waals surface area contributed by atoms with Crippen LogP contribution in [-0.2, 0) is 11.3 Å². The molecule has 0 saturated carbocycles. The van der Waals surface area contributed by atoms with E-state index < -0.39 is 0 Å². The number of hydrogen-bond acceptors (Lipinski definition) is 4. The number of amides is 1. The molecule has 0 spiro atoms. The van der Waals surface area contributed by atoms with E-state index in [0.717, 1.165) is 21.3 Å². The fraction of sp³-hybridized carbons (Fsp3) is 0.130. The average molecular weight is 492 g/mol. The molecule has 8 heteroatoms. The molecule has 1 amide bonds. The number of ether oxygens (including phenoxy) is 1. The predicted molar refractivity (Wildman–Crippen MR) is 129 cm³/mol. The number of nitrogens with zero attached hydrogens (tertiary/aromatic N) is 2. The van der Waals surface area contributed by atoms with Crippen molar-refractivity contribution in [1.29, 1.82) is 0 Å². The highest BCUT2D eigenvalue weighted by molar-refractivity contribution is 7.23. The monoisotopic (exact) mass is 490 g/mol. The topological polar surface area (TPSA) is 42.4 Å². The molecule has 4 aromatic rings. The van der Waals surface area contributed by atoms with E-state index in [-0.39, 0.29) is 12.5 Å². The van der Waals surface area contributed by atoms with Crippen LogP contribution in [0.5, 0.6) is 5.75 Å². The Morgan fingerprint density at radius 1 is 1.03 bits per heavy atom. The molecule has 0 fully saturated rings. The molecule has 0 aliphatic heterocycles. The van der Waals surface area contributed by atoms with Gasteiger partial charge in [0.05, 0.1) is 26.8 Å². The fourth-order valence-electron chi connectivity index (χ4n) is 3.04. The van der Waals surface area contributed by atoms with Gasteiger partial charge in [0.25, 0.3) is 5.91 Å². The van der Waals surface area contributed by atoms with Crippen molar-refractivity contribution >= 4 is 67.4 Å². The minimum absolute atomic E-state index is 0.198. The zero-order chi connectivity index (χ0) is 22.0. The maximum Gasteiger partial charge on any atom is 0.267 e. The molecule has 1 heterocycles. The summed E-state index contributed by atoms with van der Waals surface area (Å²) >= 11 is 19.9. The number of carbonyl (C=O) groups is 1. The van der Waals surface area contributed by atoms with Crippen LogP contribution >= 0.6 is 46.1 Å². The molecule has 31 heavy (non-hydrogen) atoms. The Morgan fingerprint density at radius 3 is 2.52 bits per heavy atom. The predicted octanol–water partition coefficient (Wildman–Crippen LogP) is 7.18. The highest BCUT2D eigenvalue weighted by Crippen LogP contribution is 2.36. The Balaban J connectivity index is 1.65. The third-order valence-electron chi connectivity index (χ3n) is 4.65. The molecule has 4 rings (SSSR count). The average Bonchev–Trinajstić information content (AvgIpc) is 3.21. The molecule has 0 bridgehead atoms. The van der Waals surface area contributed by atoms with Crippen LogP contribution < -0.4 is 9.64 Å². The summed E-state index contributed by atoms with van der Waals surface area (Å²) in [4.78, 5) is 19.5. The molecule has 1 aromatic heterocycles. The van der Waals surface area contributed by atoms with Crippen molar-refractivity contribution in [3.63, 3.8) is 0 Å². The number of hydrogen-bond donors (Lipinski definition) is 0. The fourth-order valence-corrected chi connectivity index (χ4v) is 4.84.